The molecule has 12 heteroatoms. The number of nitrogens with one attached hydrogen (secondary N) is 1. The molecule has 1 fully saturated rings. The third-order valence-corrected chi connectivity index (χ3v) is 9.11. The number of hydrogen-bond donors (Lipinski definition) is 1. The van der Waals surface area contributed by atoms with Gasteiger partial charge in [0.1, 0.15) is 35.3 Å². The first-order valence-corrected chi connectivity index (χ1v) is 15.0. The molecule has 0 unspecified atom stereocenters. The summed E-state index contributed by atoms with van der Waals surface area (Å²) in [6.07, 6.45) is -1.24. The molecular formula is C31H29ClF2N4O4S. The van der Waals surface area contributed by atoms with Crippen LogP contribution in [0, 0.1) is 17.1 Å². The molecule has 4 aromatic rings. The van der Waals surface area contributed by atoms with Gasteiger partial charge in [-0.05, 0) is 63.1 Å². The third kappa shape index (κ3) is 5.49. The van der Waals surface area contributed by atoms with E-state index >= 15 is 4.39 Å². The second kappa shape index (κ2) is 11.2. The van der Waals surface area contributed by atoms with Crippen molar-refractivity contribution >= 4 is 55.0 Å². The van der Waals surface area contributed by atoms with E-state index in [9.17, 15) is 14.4 Å². The van der Waals surface area contributed by atoms with Crippen LogP contribution in [0.1, 0.15) is 43.9 Å². The van der Waals surface area contributed by atoms with Gasteiger partial charge in [0.05, 0.1) is 34.0 Å². The normalized spacial score (nSPS) is 18.7. The van der Waals surface area contributed by atoms with Crippen molar-refractivity contribution in [3.05, 3.63) is 51.8 Å². The van der Waals surface area contributed by atoms with Gasteiger partial charge < -0.3 is 14.2 Å². The lowest BCUT2D eigenvalue weighted by Crippen LogP contribution is -2.30. The summed E-state index contributed by atoms with van der Waals surface area (Å²) >= 11 is 8.06. The Bertz CT molecular complexity index is 1820. The molecule has 0 bridgehead atoms. The molecule has 0 saturated carbocycles. The monoisotopic (exact) mass is 626 g/mol. The zero-order valence-electron chi connectivity index (χ0n) is 24.0. The molecule has 6 rings (SSSR count). The molecule has 43 heavy (non-hydrogen) atoms. The second-order valence-electron chi connectivity index (χ2n) is 11.8. The molecule has 2 aliphatic heterocycles. The van der Waals surface area contributed by atoms with E-state index in [0.717, 1.165) is 27.8 Å². The maximum Gasteiger partial charge on any atom is 0.412 e. The smallest absolute Gasteiger partial charge is 0.412 e. The van der Waals surface area contributed by atoms with Gasteiger partial charge in [-0.2, -0.15) is 5.26 Å². The number of halogens is 3. The van der Waals surface area contributed by atoms with Gasteiger partial charge in [0.2, 0.25) is 5.88 Å². The number of nitrogens with zero attached hydrogens (tertiary/aromatic N) is 3. The van der Waals surface area contributed by atoms with Crippen molar-refractivity contribution in [2.75, 3.05) is 25.5 Å². The van der Waals surface area contributed by atoms with Gasteiger partial charge in [0, 0.05) is 35.0 Å². The van der Waals surface area contributed by atoms with Crippen LogP contribution in [0.2, 0.25) is 5.02 Å². The van der Waals surface area contributed by atoms with E-state index in [1.54, 1.807) is 32.9 Å². The minimum absolute atomic E-state index is 0.0640. The van der Waals surface area contributed by atoms with Gasteiger partial charge in [-0.25, -0.2) is 18.6 Å². The number of pyridine rings is 1. The fourth-order valence-corrected chi connectivity index (χ4v) is 7.14. The van der Waals surface area contributed by atoms with Gasteiger partial charge in [-0.1, -0.05) is 17.7 Å². The number of aromatic nitrogens is 1. The Labute approximate surface area is 256 Å². The number of anilines is 1. The van der Waals surface area contributed by atoms with Crippen LogP contribution in [-0.2, 0) is 22.7 Å². The topological polar surface area (TPSA) is 96.7 Å². The number of amides is 1. The largest absolute Gasteiger partial charge is 0.476 e. The molecule has 0 aliphatic carbocycles. The molecule has 1 amide bonds. The van der Waals surface area contributed by atoms with Crippen molar-refractivity contribution in [1.29, 1.82) is 5.26 Å². The predicted octanol–water partition coefficient (Wildman–Crippen LogP) is 7.58. The number of likely N-dealkylation sites (tertiary alicyclic amines) is 1. The van der Waals surface area contributed by atoms with E-state index in [0.29, 0.717) is 52.5 Å². The van der Waals surface area contributed by atoms with E-state index < -0.39 is 23.7 Å². The van der Waals surface area contributed by atoms with Crippen molar-refractivity contribution in [3.8, 4) is 23.1 Å². The zero-order valence-corrected chi connectivity index (χ0v) is 25.6. The summed E-state index contributed by atoms with van der Waals surface area (Å²) in [5.41, 5.74) is 2.61. The lowest BCUT2D eigenvalue weighted by atomic mass is 9.91. The number of carbonyl (C=O) groups excluding carboxylic acids is 1. The number of ether oxygens (including phenoxy) is 3. The Kier molecular flexibility index (Phi) is 7.67. The van der Waals surface area contributed by atoms with Crippen molar-refractivity contribution < 1.29 is 27.8 Å². The van der Waals surface area contributed by atoms with E-state index in [4.69, 9.17) is 30.8 Å². The summed E-state index contributed by atoms with van der Waals surface area (Å²) in [5, 5.41) is 14.4. The highest BCUT2D eigenvalue weighted by Gasteiger charge is 2.31. The Morgan fingerprint density at radius 2 is 2.05 bits per heavy atom. The molecule has 2 aromatic heterocycles. The Morgan fingerprint density at radius 1 is 1.28 bits per heavy atom. The standard InChI is InChI=1S/C31H29ClF2N4O4S/c1-31(2,3)42-30(39)37-29-19(10-35)25-18(5-7-22(34)28(25)43-29)24-21-14-40-13-20(21)17-6-8-23(36-27(17)26(24)32)41-12-16-9-15(33)11-38(16)4/h5-8,15-16H,9,11-14H2,1-4H3,(H,37,39)/t15-,16+/m1/s1. The number of alkyl halides is 1. The van der Waals surface area contributed by atoms with Crippen LogP contribution in [0.15, 0.2) is 24.3 Å². The minimum Gasteiger partial charge on any atom is -0.476 e. The first-order valence-electron chi connectivity index (χ1n) is 13.8. The minimum atomic E-state index is -0.884. The SMILES string of the molecule is CN1C[C@H](F)C[C@H]1COc1ccc2c3c(c(-c4ccc(F)c5sc(NC(=O)OC(C)(C)C)c(C#N)c45)c(Cl)c2n1)COC3. The molecule has 0 spiro atoms. The fraction of sp³-hybridized carbons (Fsp3) is 0.387. The molecular weight excluding hydrogens is 598 g/mol. The van der Waals surface area contributed by atoms with Crippen molar-refractivity contribution in [1.82, 2.24) is 9.88 Å². The van der Waals surface area contributed by atoms with Gasteiger partial charge in [0.25, 0.3) is 0 Å². The Morgan fingerprint density at radius 3 is 2.74 bits per heavy atom. The summed E-state index contributed by atoms with van der Waals surface area (Å²) in [6.45, 7) is 6.42. The number of nitriles is 1. The van der Waals surface area contributed by atoms with Gasteiger partial charge >= 0.3 is 6.09 Å². The first kappa shape index (κ1) is 29.5. The van der Waals surface area contributed by atoms with E-state index in [2.05, 4.69) is 11.4 Å². The van der Waals surface area contributed by atoms with Gasteiger partial charge in [-0.3, -0.25) is 10.2 Å². The lowest BCUT2D eigenvalue weighted by molar-refractivity contribution is 0.0636. The number of likely N-dealkylation sites (N-methyl/N-ethyl adjacent to an activating group) is 1. The summed E-state index contributed by atoms with van der Waals surface area (Å²) in [7, 11) is 1.87. The fourth-order valence-electron chi connectivity index (χ4n) is 5.72. The molecule has 2 aliphatic rings. The van der Waals surface area contributed by atoms with Gasteiger partial charge in [0.15, 0.2) is 0 Å². The third-order valence-electron chi connectivity index (χ3n) is 7.63. The Balaban J connectivity index is 1.47. The quantitative estimate of drug-likeness (QED) is 0.244. The van der Waals surface area contributed by atoms with E-state index in [1.807, 2.05) is 18.0 Å². The number of thiophene rings is 1. The maximum absolute atomic E-state index is 15.2. The van der Waals surface area contributed by atoms with Crippen LogP contribution in [0.4, 0.5) is 18.6 Å². The molecule has 8 nitrogen and oxygen atoms in total. The maximum atomic E-state index is 15.2. The van der Waals surface area contributed by atoms with Crippen LogP contribution in [0.25, 0.3) is 32.1 Å². The molecule has 1 N–H and O–H groups in total. The molecule has 1 saturated heterocycles. The van der Waals surface area contributed by atoms with E-state index in [-0.39, 0.29) is 34.5 Å². The molecule has 2 atom stereocenters. The molecule has 4 heterocycles. The number of rotatable bonds is 5. The van der Waals surface area contributed by atoms with Crippen LogP contribution in [0.3, 0.4) is 0 Å². The summed E-state index contributed by atoms with van der Waals surface area (Å²) in [5.74, 6) is -0.195. The lowest BCUT2D eigenvalue weighted by Gasteiger charge is -2.19. The van der Waals surface area contributed by atoms with Crippen LogP contribution in [0.5, 0.6) is 5.88 Å². The predicted molar refractivity (Wildman–Crippen MR) is 162 cm³/mol. The van der Waals surface area contributed by atoms with Crippen LogP contribution < -0.4 is 10.1 Å². The average molecular weight is 627 g/mol. The number of fused-ring (bicyclic) bond motifs is 4. The Hall–Kier alpha value is -3.56. The number of carbonyl (C=O) groups is 1. The van der Waals surface area contributed by atoms with Crippen LogP contribution in [-0.4, -0.2) is 54.0 Å². The highest BCUT2D eigenvalue weighted by Crippen LogP contribution is 2.48. The number of hydrogen-bond acceptors (Lipinski definition) is 8. The zero-order chi connectivity index (χ0) is 30.6. The first-order chi connectivity index (χ1) is 20.4. The molecule has 224 valence electrons. The highest BCUT2D eigenvalue weighted by atomic mass is 35.5. The van der Waals surface area contributed by atoms with Crippen molar-refractivity contribution in [2.45, 2.75) is 58.2 Å². The molecule has 0 radical (unpaired) electrons. The average Bonchev–Trinajstić information content (AvgIpc) is 3.64. The number of benzene rings is 2. The van der Waals surface area contributed by atoms with Gasteiger partial charge in [-0.15, -0.1) is 11.3 Å². The summed E-state index contributed by atoms with van der Waals surface area (Å²) in [4.78, 5) is 19.2. The molecule has 2 aromatic carbocycles. The van der Waals surface area contributed by atoms with Crippen molar-refractivity contribution in [2.24, 2.45) is 0 Å². The van der Waals surface area contributed by atoms with Crippen molar-refractivity contribution in [3.63, 3.8) is 0 Å². The summed E-state index contributed by atoms with van der Waals surface area (Å²) < 4.78 is 46.4. The summed E-state index contributed by atoms with van der Waals surface area (Å²) in [6, 6.07) is 8.62. The highest BCUT2D eigenvalue weighted by molar-refractivity contribution is 7.23. The van der Waals surface area contributed by atoms with Crippen LogP contribution >= 0.6 is 22.9 Å². The van der Waals surface area contributed by atoms with E-state index in [1.165, 1.54) is 6.07 Å². The second-order valence-corrected chi connectivity index (χ2v) is 13.2.